The molecule has 0 saturated carbocycles. The number of hydrogen-bond donors (Lipinski definition) is 2. The Kier molecular flexibility index (Phi) is 3.26. The van der Waals surface area contributed by atoms with Crippen LogP contribution in [0.25, 0.3) is 0 Å². The second-order valence-electron chi connectivity index (χ2n) is 4.44. The molecule has 1 aliphatic rings. The monoisotopic (exact) mass is 278 g/mol. The molecular weight excluding hydrogens is 264 g/mol. The van der Waals surface area contributed by atoms with E-state index < -0.39 is 0 Å². The summed E-state index contributed by atoms with van der Waals surface area (Å²) in [5.74, 6) is -0.216. The summed E-state index contributed by atoms with van der Waals surface area (Å²) >= 11 is 1.57. The zero-order chi connectivity index (χ0) is 13.2. The van der Waals surface area contributed by atoms with E-state index in [2.05, 4.69) is 25.9 Å². The molecule has 2 N–H and O–H groups in total. The van der Waals surface area contributed by atoms with Gasteiger partial charge in [-0.1, -0.05) is 5.21 Å². The highest BCUT2D eigenvalue weighted by atomic mass is 32.1. The predicted molar refractivity (Wildman–Crippen MR) is 69.9 cm³/mol. The Morgan fingerprint density at radius 1 is 1.63 bits per heavy atom. The van der Waals surface area contributed by atoms with E-state index in [1.807, 2.05) is 6.92 Å². The number of carbonyl (C=O) groups is 1. The molecule has 1 fully saturated rings. The summed E-state index contributed by atoms with van der Waals surface area (Å²) in [4.78, 5) is 17.2. The molecule has 1 aliphatic heterocycles. The molecule has 1 amide bonds. The van der Waals surface area contributed by atoms with Gasteiger partial charge in [-0.25, -0.2) is 9.67 Å². The predicted octanol–water partition coefficient (Wildman–Crippen LogP) is 0.117. The number of aryl methyl sites for hydroxylation is 1. The molecule has 1 saturated heterocycles. The van der Waals surface area contributed by atoms with Crippen LogP contribution in [0.5, 0.6) is 0 Å². The maximum Gasteiger partial charge on any atom is 0.273 e. The average Bonchev–Trinajstić information content (AvgIpc) is 2.93. The van der Waals surface area contributed by atoms with Gasteiger partial charge in [0.2, 0.25) is 0 Å². The largest absolute Gasteiger partial charge is 0.344 e. The first kappa shape index (κ1) is 12.2. The molecule has 0 atom stereocenters. The van der Waals surface area contributed by atoms with E-state index in [9.17, 15) is 4.79 Å². The molecular formula is C11H14N6OS. The van der Waals surface area contributed by atoms with E-state index in [0.29, 0.717) is 18.3 Å². The van der Waals surface area contributed by atoms with E-state index in [1.54, 1.807) is 28.4 Å². The number of aromatic nitrogens is 4. The van der Waals surface area contributed by atoms with Gasteiger partial charge in [-0.15, -0.1) is 16.4 Å². The second-order valence-corrected chi connectivity index (χ2v) is 5.76. The smallest absolute Gasteiger partial charge is 0.273 e. The molecule has 2 aromatic heterocycles. The van der Waals surface area contributed by atoms with E-state index in [4.69, 9.17) is 0 Å². The van der Waals surface area contributed by atoms with Gasteiger partial charge in [-0.3, -0.25) is 4.79 Å². The number of rotatable bonds is 4. The van der Waals surface area contributed by atoms with Crippen LogP contribution in [0.2, 0.25) is 0 Å². The summed E-state index contributed by atoms with van der Waals surface area (Å²) in [6, 6.07) is 0.315. The van der Waals surface area contributed by atoms with Crippen LogP contribution in [-0.2, 0) is 6.54 Å². The number of nitrogens with zero attached hydrogens (tertiary/aromatic N) is 4. The Balaban J connectivity index is 1.58. The van der Waals surface area contributed by atoms with Crippen molar-refractivity contribution in [3.8, 4) is 0 Å². The number of thiazole rings is 1. The number of carbonyl (C=O) groups excluding carboxylic acids is 1. The quantitative estimate of drug-likeness (QED) is 0.829. The molecule has 0 aromatic carbocycles. The average molecular weight is 278 g/mol. The van der Waals surface area contributed by atoms with Crippen LogP contribution in [0.1, 0.15) is 26.4 Å². The lowest BCUT2D eigenvalue weighted by molar-refractivity contribution is 0.0945. The first-order valence-corrected chi connectivity index (χ1v) is 6.86. The summed E-state index contributed by atoms with van der Waals surface area (Å²) in [7, 11) is 0. The van der Waals surface area contributed by atoms with Gasteiger partial charge in [0.15, 0.2) is 5.69 Å². The fraction of sp³-hybridized carbons (Fsp3) is 0.455. The van der Waals surface area contributed by atoms with Gasteiger partial charge in [0.25, 0.3) is 5.91 Å². The van der Waals surface area contributed by atoms with Crippen molar-refractivity contribution >= 4 is 17.2 Å². The summed E-state index contributed by atoms with van der Waals surface area (Å²) in [6.45, 7) is 4.17. The fourth-order valence-electron chi connectivity index (χ4n) is 1.75. The first-order chi connectivity index (χ1) is 9.22. The van der Waals surface area contributed by atoms with Crippen molar-refractivity contribution < 1.29 is 4.79 Å². The molecule has 2 aromatic rings. The van der Waals surface area contributed by atoms with Crippen LogP contribution >= 0.6 is 11.3 Å². The van der Waals surface area contributed by atoms with Crippen molar-refractivity contribution in [2.24, 2.45) is 0 Å². The van der Waals surface area contributed by atoms with Gasteiger partial charge in [0.05, 0.1) is 18.8 Å². The van der Waals surface area contributed by atoms with Crippen molar-refractivity contribution in [3.05, 3.63) is 28.0 Å². The zero-order valence-electron chi connectivity index (χ0n) is 10.5. The lowest BCUT2D eigenvalue weighted by atomic mass is 10.2. The number of amides is 1. The van der Waals surface area contributed by atoms with E-state index in [-0.39, 0.29) is 5.91 Å². The molecule has 0 aliphatic carbocycles. The van der Waals surface area contributed by atoms with E-state index in [1.165, 1.54) is 0 Å². The standard InChI is InChI=1S/C11H14N6OS/c1-7-2-13-10(19-7)5-14-11(18)9-6-17(16-15-9)8-3-12-4-8/h2,6,8,12H,3-5H2,1H3,(H,14,18). The summed E-state index contributed by atoms with van der Waals surface area (Å²) in [5.41, 5.74) is 0.347. The fourth-order valence-corrected chi connectivity index (χ4v) is 2.48. The molecule has 19 heavy (non-hydrogen) atoms. The number of hydrogen-bond acceptors (Lipinski definition) is 6. The number of nitrogens with one attached hydrogen (secondary N) is 2. The second kappa shape index (κ2) is 5.06. The van der Waals surface area contributed by atoms with Crippen LogP contribution in [0, 0.1) is 6.92 Å². The minimum Gasteiger partial charge on any atom is -0.344 e. The normalized spacial score (nSPS) is 15.2. The Labute approximate surface area is 114 Å². The minimum atomic E-state index is -0.216. The van der Waals surface area contributed by atoms with Gasteiger partial charge in [0, 0.05) is 24.2 Å². The molecule has 0 radical (unpaired) electrons. The highest BCUT2D eigenvalue weighted by Gasteiger charge is 2.21. The molecule has 7 nitrogen and oxygen atoms in total. The third-order valence-corrected chi connectivity index (χ3v) is 3.86. The molecule has 0 bridgehead atoms. The maximum absolute atomic E-state index is 11.9. The highest BCUT2D eigenvalue weighted by Crippen LogP contribution is 2.11. The summed E-state index contributed by atoms with van der Waals surface area (Å²) < 4.78 is 1.74. The van der Waals surface area contributed by atoms with Gasteiger partial charge in [-0.2, -0.15) is 0 Å². The Morgan fingerprint density at radius 3 is 3.11 bits per heavy atom. The molecule has 3 heterocycles. The third kappa shape index (κ3) is 2.64. The first-order valence-electron chi connectivity index (χ1n) is 6.04. The van der Waals surface area contributed by atoms with Gasteiger partial charge in [0.1, 0.15) is 5.01 Å². The lowest BCUT2D eigenvalue weighted by Crippen LogP contribution is -2.43. The summed E-state index contributed by atoms with van der Waals surface area (Å²) in [5, 5.41) is 14.7. The Hall–Kier alpha value is -1.80. The molecule has 8 heteroatoms. The van der Waals surface area contributed by atoms with Gasteiger partial charge < -0.3 is 10.6 Å². The molecule has 0 spiro atoms. The van der Waals surface area contributed by atoms with Gasteiger partial charge in [-0.05, 0) is 6.92 Å². The maximum atomic E-state index is 11.9. The minimum absolute atomic E-state index is 0.216. The van der Waals surface area contributed by atoms with E-state index >= 15 is 0 Å². The van der Waals surface area contributed by atoms with Crippen LogP contribution in [0.4, 0.5) is 0 Å². The Bertz CT molecular complexity index is 588. The van der Waals surface area contributed by atoms with Crippen LogP contribution < -0.4 is 10.6 Å². The van der Waals surface area contributed by atoms with Crippen molar-refractivity contribution in [3.63, 3.8) is 0 Å². The molecule has 100 valence electrons. The van der Waals surface area contributed by atoms with Crippen molar-refractivity contribution in [1.29, 1.82) is 0 Å². The van der Waals surface area contributed by atoms with Crippen molar-refractivity contribution in [2.45, 2.75) is 19.5 Å². The molecule has 3 rings (SSSR count). The van der Waals surface area contributed by atoms with Crippen molar-refractivity contribution in [1.82, 2.24) is 30.6 Å². The zero-order valence-corrected chi connectivity index (χ0v) is 11.3. The third-order valence-electron chi connectivity index (χ3n) is 2.95. The topological polar surface area (TPSA) is 84.7 Å². The SMILES string of the molecule is Cc1cnc(CNC(=O)c2cn(C3CNC3)nn2)s1. The van der Waals surface area contributed by atoms with Crippen LogP contribution in [0.15, 0.2) is 12.4 Å². The Morgan fingerprint density at radius 2 is 2.47 bits per heavy atom. The van der Waals surface area contributed by atoms with Crippen LogP contribution in [0.3, 0.4) is 0 Å². The molecule has 0 unspecified atom stereocenters. The summed E-state index contributed by atoms with van der Waals surface area (Å²) in [6.07, 6.45) is 3.49. The van der Waals surface area contributed by atoms with Crippen LogP contribution in [-0.4, -0.2) is 39.0 Å². The van der Waals surface area contributed by atoms with Gasteiger partial charge >= 0.3 is 0 Å². The van der Waals surface area contributed by atoms with E-state index in [0.717, 1.165) is 23.0 Å². The van der Waals surface area contributed by atoms with Crippen molar-refractivity contribution in [2.75, 3.05) is 13.1 Å². The lowest BCUT2D eigenvalue weighted by Gasteiger charge is -2.26. The highest BCUT2D eigenvalue weighted by molar-refractivity contribution is 7.11.